The average molecular weight is 323 g/mol. The largest absolute Gasteiger partial charge is 0.326 e. The lowest BCUT2D eigenvalue weighted by molar-refractivity contribution is -0.387. The van der Waals surface area contributed by atoms with Gasteiger partial charge in [0.2, 0.25) is 11.7 Å². The highest BCUT2D eigenvalue weighted by Gasteiger charge is 2.15. The van der Waals surface area contributed by atoms with Crippen LogP contribution in [0.1, 0.15) is 12.0 Å². The molecule has 5 nitrogen and oxygen atoms in total. The number of aryl methyl sites for hydroxylation is 1. The third kappa shape index (κ3) is 4.26. The van der Waals surface area contributed by atoms with Crippen molar-refractivity contribution in [3.63, 3.8) is 0 Å². The van der Waals surface area contributed by atoms with Gasteiger partial charge in [-0.3, -0.25) is 14.9 Å². The zero-order valence-electron chi connectivity index (χ0n) is 11.4. The second-order valence-corrected chi connectivity index (χ2v) is 5.03. The molecule has 114 valence electrons. The first-order valence-electron chi connectivity index (χ1n) is 6.44. The quantitative estimate of drug-likeness (QED) is 0.669. The summed E-state index contributed by atoms with van der Waals surface area (Å²) in [5.74, 6) is -1.25. The summed E-state index contributed by atoms with van der Waals surface area (Å²) in [6, 6.07) is 10.3. The summed E-state index contributed by atoms with van der Waals surface area (Å²) < 4.78 is 13.2. The second kappa shape index (κ2) is 7.00. The van der Waals surface area contributed by atoms with Crippen LogP contribution >= 0.6 is 11.6 Å². The number of hydrogen-bond acceptors (Lipinski definition) is 3. The molecule has 0 saturated heterocycles. The molecule has 2 aromatic carbocycles. The molecule has 7 heteroatoms. The first kappa shape index (κ1) is 15.9. The number of anilines is 1. The van der Waals surface area contributed by atoms with Gasteiger partial charge in [-0.1, -0.05) is 23.7 Å². The Morgan fingerprint density at radius 1 is 1.23 bits per heavy atom. The number of benzene rings is 2. The normalized spacial score (nSPS) is 10.3. The zero-order valence-corrected chi connectivity index (χ0v) is 12.1. The van der Waals surface area contributed by atoms with Gasteiger partial charge in [0, 0.05) is 23.2 Å². The van der Waals surface area contributed by atoms with Crippen LogP contribution in [-0.4, -0.2) is 10.8 Å². The van der Waals surface area contributed by atoms with Crippen LogP contribution in [0.15, 0.2) is 42.5 Å². The van der Waals surface area contributed by atoms with Gasteiger partial charge in [-0.15, -0.1) is 0 Å². The predicted octanol–water partition coefficient (Wildman–Crippen LogP) is 3.96. The van der Waals surface area contributed by atoms with Crippen LogP contribution in [-0.2, 0) is 11.2 Å². The molecule has 0 spiro atoms. The molecule has 0 aliphatic carbocycles. The Labute approximate surface area is 130 Å². The topological polar surface area (TPSA) is 72.2 Å². The summed E-state index contributed by atoms with van der Waals surface area (Å²) in [4.78, 5) is 21.6. The Hall–Kier alpha value is -2.47. The fourth-order valence-corrected chi connectivity index (χ4v) is 1.99. The lowest BCUT2D eigenvalue weighted by Gasteiger charge is -2.06. The van der Waals surface area contributed by atoms with Crippen LogP contribution < -0.4 is 5.32 Å². The van der Waals surface area contributed by atoms with Crippen molar-refractivity contribution in [1.82, 2.24) is 0 Å². The lowest BCUT2D eigenvalue weighted by Crippen LogP contribution is -2.12. The Balaban J connectivity index is 1.96. The maximum absolute atomic E-state index is 13.2. The molecular weight excluding hydrogens is 311 g/mol. The van der Waals surface area contributed by atoms with E-state index < -0.39 is 16.4 Å². The van der Waals surface area contributed by atoms with Gasteiger partial charge in [0.1, 0.15) is 0 Å². The fourth-order valence-electron chi connectivity index (χ4n) is 1.86. The number of nitro benzene ring substituents is 1. The van der Waals surface area contributed by atoms with Crippen molar-refractivity contribution in [2.75, 3.05) is 5.32 Å². The Bertz CT molecular complexity index is 704. The van der Waals surface area contributed by atoms with Crippen molar-refractivity contribution in [3.05, 3.63) is 69.0 Å². The lowest BCUT2D eigenvalue weighted by atomic mass is 10.1. The van der Waals surface area contributed by atoms with Crippen LogP contribution in [0.3, 0.4) is 0 Å². The smallest absolute Gasteiger partial charge is 0.306 e. The van der Waals surface area contributed by atoms with Crippen molar-refractivity contribution in [1.29, 1.82) is 0 Å². The van der Waals surface area contributed by atoms with Gasteiger partial charge in [-0.05, 0) is 36.2 Å². The molecule has 2 aromatic rings. The average Bonchev–Trinajstić information content (AvgIpc) is 2.48. The van der Waals surface area contributed by atoms with E-state index in [1.54, 1.807) is 12.1 Å². The monoisotopic (exact) mass is 322 g/mol. The third-order valence-electron chi connectivity index (χ3n) is 2.98. The summed E-state index contributed by atoms with van der Waals surface area (Å²) in [5, 5.41) is 13.8. The third-order valence-corrected chi connectivity index (χ3v) is 3.23. The van der Waals surface area contributed by atoms with Gasteiger partial charge >= 0.3 is 5.69 Å². The number of carbonyl (C=O) groups is 1. The first-order chi connectivity index (χ1) is 10.5. The van der Waals surface area contributed by atoms with Crippen LogP contribution in [0, 0.1) is 15.9 Å². The first-order valence-corrected chi connectivity index (χ1v) is 6.82. The summed E-state index contributed by atoms with van der Waals surface area (Å²) in [7, 11) is 0. The standard InChI is InChI=1S/C15H12ClFN2O3/c16-11-4-1-10(2-5-11)3-8-15(20)18-12-6-7-13(17)14(9-12)19(21)22/h1-2,4-7,9H,3,8H2,(H,18,20). The Kier molecular flexibility index (Phi) is 5.06. The number of halogens is 2. The van der Waals surface area contributed by atoms with Crippen LogP contribution in [0.25, 0.3) is 0 Å². The molecule has 0 heterocycles. The highest BCUT2D eigenvalue weighted by molar-refractivity contribution is 6.30. The van der Waals surface area contributed by atoms with Crippen molar-refractivity contribution < 1.29 is 14.1 Å². The number of nitrogens with zero attached hydrogens (tertiary/aromatic N) is 1. The molecule has 0 atom stereocenters. The molecule has 0 bridgehead atoms. The van der Waals surface area contributed by atoms with Crippen molar-refractivity contribution in [2.45, 2.75) is 12.8 Å². The number of amides is 1. The summed E-state index contributed by atoms with van der Waals surface area (Å²) in [6.07, 6.45) is 0.707. The molecule has 0 aliphatic heterocycles. The van der Waals surface area contributed by atoms with E-state index in [-0.39, 0.29) is 18.0 Å². The molecule has 0 radical (unpaired) electrons. The molecule has 0 fully saturated rings. The number of nitrogens with one attached hydrogen (secondary N) is 1. The highest BCUT2D eigenvalue weighted by Crippen LogP contribution is 2.21. The molecule has 0 aromatic heterocycles. The maximum atomic E-state index is 13.2. The molecule has 2 rings (SSSR count). The van der Waals surface area contributed by atoms with Gasteiger partial charge in [0.15, 0.2) is 0 Å². The number of nitro groups is 1. The van der Waals surface area contributed by atoms with E-state index in [9.17, 15) is 19.3 Å². The minimum Gasteiger partial charge on any atom is -0.326 e. The minimum atomic E-state index is -0.941. The van der Waals surface area contributed by atoms with Crippen molar-refractivity contribution in [3.8, 4) is 0 Å². The van der Waals surface area contributed by atoms with Crippen LogP contribution in [0.4, 0.5) is 15.8 Å². The van der Waals surface area contributed by atoms with Crippen LogP contribution in [0.2, 0.25) is 5.02 Å². The van der Waals surface area contributed by atoms with Crippen molar-refractivity contribution >= 4 is 28.9 Å². The summed E-state index contributed by atoms with van der Waals surface area (Å²) in [5.41, 5.74) is 0.467. The van der Waals surface area contributed by atoms with Gasteiger partial charge in [0.25, 0.3) is 0 Å². The minimum absolute atomic E-state index is 0.189. The Morgan fingerprint density at radius 2 is 1.91 bits per heavy atom. The van der Waals surface area contributed by atoms with E-state index >= 15 is 0 Å². The molecule has 0 aliphatic rings. The predicted molar refractivity (Wildman–Crippen MR) is 81.5 cm³/mol. The Morgan fingerprint density at radius 3 is 2.55 bits per heavy atom. The van der Waals surface area contributed by atoms with Gasteiger partial charge in [-0.2, -0.15) is 4.39 Å². The molecule has 1 N–H and O–H groups in total. The molecule has 22 heavy (non-hydrogen) atoms. The second-order valence-electron chi connectivity index (χ2n) is 4.60. The summed E-state index contributed by atoms with van der Waals surface area (Å²) in [6.45, 7) is 0. The van der Waals surface area contributed by atoms with E-state index in [0.717, 1.165) is 17.7 Å². The van der Waals surface area contributed by atoms with E-state index in [2.05, 4.69) is 5.32 Å². The van der Waals surface area contributed by atoms with E-state index in [0.29, 0.717) is 11.4 Å². The van der Waals surface area contributed by atoms with Gasteiger partial charge in [-0.25, -0.2) is 0 Å². The molecule has 0 saturated carbocycles. The maximum Gasteiger partial charge on any atom is 0.306 e. The molecule has 0 unspecified atom stereocenters. The van der Waals surface area contributed by atoms with Crippen LogP contribution in [0.5, 0.6) is 0 Å². The van der Waals surface area contributed by atoms with E-state index in [4.69, 9.17) is 11.6 Å². The van der Waals surface area contributed by atoms with E-state index in [1.807, 2.05) is 12.1 Å². The van der Waals surface area contributed by atoms with Gasteiger partial charge in [0.05, 0.1) is 4.92 Å². The fraction of sp³-hybridized carbons (Fsp3) is 0.133. The van der Waals surface area contributed by atoms with Gasteiger partial charge < -0.3 is 5.32 Å². The zero-order chi connectivity index (χ0) is 16.1. The molecular formula is C15H12ClFN2O3. The number of rotatable bonds is 5. The van der Waals surface area contributed by atoms with Crippen molar-refractivity contribution in [2.24, 2.45) is 0 Å². The van der Waals surface area contributed by atoms with E-state index in [1.165, 1.54) is 6.07 Å². The molecule has 1 amide bonds. The summed E-state index contributed by atoms with van der Waals surface area (Å²) >= 11 is 5.77. The number of hydrogen-bond donors (Lipinski definition) is 1. The SMILES string of the molecule is O=C(CCc1ccc(Cl)cc1)Nc1ccc(F)c([N+](=O)[O-])c1. The number of carbonyl (C=O) groups excluding carboxylic acids is 1. The highest BCUT2D eigenvalue weighted by atomic mass is 35.5.